The first-order valence-corrected chi connectivity index (χ1v) is 8.58. The largest absolute Gasteiger partial charge is 0.495 e. The van der Waals surface area contributed by atoms with Gasteiger partial charge in [0.15, 0.2) is 5.11 Å². The fourth-order valence-electron chi connectivity index (χ4n) is 2.01. The minimum atomic E-state index is 0.581. The van der Waals surface area contributed by atoms with Gasteiger partial charge < -0.3 is 15.4 Å². The van der Waals surface area contributed by atoms with Crippen LogP contribution in [0.5, 0.6) is 5.75 Å². The zero-order chi connectivity index (χ0) is 15.9. The summed E-state index contributed by atoms with van der Waals surface area (Å²) in [7, 11) is 1.65. The Morgan fingerprint density at radius 2 is 1.91 bits per heavy atom. The number of nitrogens with one attached hydrogen (secondary N) is 2. The van der Waals surface area contributed by atoms with Gasteiger partial charge in [-0.15, -0.1) is 11.8 Å². The van der Waals surface area contributed by atoms with Crippen molar-refractivity contribution >= 4 is 34.8 Å². The van der Waals surface area contributed by atoms with Gasteiger partial charge in [0.05, 0.1) is 12.8 Å². The van der Waals surface area contributed by atoms with Crippen molar-refractivity contribution < 1.29 is 4.74 Å². The first-order valence-electron chi connectivity index (χ1n) is 6.95. The number of ether oxygens (including phenoxy) is 1. The van der Waals surface area contributed by atoms with Gasteiger partial charge in [-0.25, -0.2) is 0 Å². The summed E-state index contributed by atoms with van der Waals surface area (Å²) in [5, 5.41) is 6.98. The summed E-state index contributed by atoms with van der Waals surface area (Å²) >= 11 is 7.09. The van der Waals surface area contributed by atoms with Gasteiger partial charge in [-0.3, -0.25) is 0 Å². The molecule has 2 aromatic rings. The molecular weight excluding hydrogens is 312 g/mol. The molecule has 2 aromatic carbocycles. The van der Waals surface area contributed by atoms with E-state index in [9.17, 15) is 0 Å². The van der Waals surface area contributed by atoms with Gasteiger partial charge in [-0.1, -0.05) is 18.2 Å². The van der Waals surface area contributed by atoms with Crippen LogP contribution in [-0.4, -0.2) is 18.5 Å². The molecule has 0 aliphatic carbocycles. The first kappa shape index (κ1) is 16.6. The lowest BCUT2D eigenvalue weighted by atomic mass is 10.2. The quantitative estimate of drug-likeness (QED) is 0.633. The van der Waals surface area contributed by atoms with Crippen molar-refractivity contribution in [3.8, 4) is 5.75 Å². The Bertz CT molecular complexity index is 642. The number of methoxy groups -OCH3 is 1. The summed E-state index contributed by atoms with van der Waals surface area (Å²) in [5.74, 6) is 0.777. The normalized spacial score (nSPS) is 10.1. The number of hydrogen-bond donors (Lipinski definition) is 2. The molecule has 0 atom stereocenters. The van der Waals surface area contributed by atoms with E-state index in [4.69, 9.17) is 17.0 Å². The molecule has 0 saturated carbocycles. The van der Waals surface area contributed by atoms with Crippen LogP contribution in [0.25, 0.3) is 0 Å². The Labute approximate surface area is 141 Å². The zero-order valence-electron chi connectivity index (χ0n) is 13.0. The molecule has 22 heavy (non-hydrogen) atoms. The first-order chi connectivity index (χ1) is 10.6. The van der Waals surface area contributed by atoms with E-state index in [1.54, 1.807) is 18.9 Å². The number of aryl methyl sites for hydroxylation is 1. The van der Waals surface area contributed by atoms with E-state index in [1.165, 1.54) is 10.5 Å². The van der Waals surface area contributed by atoms with Crippen molar-refractivity contribution in [2.24, 2.45) is 0 Å². The van der Waals surface area contributed by atoms with Crippen molar-refractivity contribution in [1.29, 1.82) is 0 Å². The molecule has 0 aliphatic heterocycles. The van der Waals surface area contributed by atoms with Crippen LogP contribution in [0.2, 0.25) is 0 Å². The van der Waals surface area contributed by atoms with E-state index in [0.29, 0.717) is 11.7 Å². The smallest absolute Gasteiger partial charge is 0.171 e. The van der Waals surface area contributed by atoms with Gasteiger partial charge in [-0.2, -0.15) is 0 Å². The second-order valence-electron chi connectivity index (χ2n) is 4.86. The molecule has 5 heteroatoms. The molecule has 0 unspecified atom stereocenters. The molecule has 0 spiro atoms. The maximum atomic E-state index is 5.35. The molecule has 2 rings (SSSR count). The van der Waals surface area contributed by atoms with Crippen molar-refractivity contribution in [3.63, 3.8) is 0 Å². The average Bonchev–Trinajstić information content (AvgIpc) is 2.53. The second kappa shape index (κ2) is 8.06. The van der Waals surface area contributed by atoms with Crippen LogP contribution in [0.1, 0.15) is 11.1 Å². The molecule has 0 amide bonds. The van der Waals surface area contributed by atoms with Gasteiger partial charge in [0.25, 0.3) is 0 Å². The van der Waals surface area contributed by atoms with Crippen molar-refractivity contribution in [1.82, 2.24) is 5.32 Å². The molecule has 2 N–H and O–H groups in total. The third-order valence-corrected chi connectivity index (χ3v) is 4.21. The van der Waals surface area contributed by atoms with Crippen LogP contribution < -0.4 is 15.4 Å². The van der Waals surface area contributed by atoms with Crippen molar-refractivity contribution in [3.05, 3.63) is 53.6 Å². The standard InChI is InChI=1S/C17H20N2OS2/c1-12-4-9-16(20-2)15(10-12)19-17(21)18-11-13-5-7-14(22-3)8-6-13/h4-10H,11H2,1-3H3,(H2,18,19,21). The van der Waals surface area contributed by atoms with E-state index < -0.39 is 0 Å². The van der Waals surface area contributed by atoms with Crippen LogP contribution in [0, 0.1) is 6.92 Å². The monoisotopic (exact) mass is 332 g/mol. The molecular formula is C17H20N2OS2. The van der Waals surface area contributed by atoms with E-state index >= 15 is 0 Å². The lowest BCUT2D eigenvalue weighted by Crippen LogP contribution is -2.28. The highest BCUT2D eigenvalue weighted by Gasteiger charge is 2.05. The summed E-state index contributed by atoms with van der Waals surface area (Å²) in [6.45, 7) is 2.73. The number of hydrogen-bond acceptors (Lipinski definition) is 3. The number of rotatable bonds is 5. The van der Waals surface area contributed by atoms with E-state index in [1.807, 2.05) is 25.1 Å². The van der Waals surface area contributed by atoms with Crippen LogP contribution in [0.15, 0.2) is 47.4 Å². The predicted molar refractivity (Wildman–Crippen MR) is 99.0 cm³/mol. The van der Waals surface area contributed by atoms with Gasteiger partial charge in [0.1, 0.15) is 5.75 Å². The fourth-order valence-corrected chi connectivity index (χ4v) is 2.60. The summed E-state index contributed by atoms with van der Waals surface area (Å²) < 4.78 is 5.34. The highest BCUT2D eigenvalue weighted by molar-refractivity contribution is 7.98. The molecule has 0 fully saturated rings. The van der Waals surface area contributed by atoms with Gasteiger partial charge in [0, 0.05) is 11.4 Å². The summed E-state index contributed by atoms with van der Waals surface area (Å²) in [6.07, 6.45) is 2.07. The van der Waals surface area contributed by atoms with E-state index in [0.717, 1.165) is 17.0 Å². The highest BCUT2D eigenvalue weighted by atomic mass is 32.2. The van der Waals surface area contributed by atoms with E-state index in [2.05, 4.69) is 41.2 Å². The SMILES string of the molecule is COc1ccc(C)cc1NC(=S)NCc1ccc(SC)cc1. The number of thiocarbonyl (C=S) groups is 1. The van der Waals surface area contributed by atoms with E-state index in [-0.39, 0.29) is 0 Å². The molecule has 3 nitrogen and oxygen atoms in total. The predicted octanol–water partition coefficient (Wildman–Crippen LogP) is 4.21. The fraction of sp³-hybridized carbons (Fsp3) is 0.235. The minimum absolute atomic E-state index is 0.581. The zero-order valence-corrected chi connectivity index (χ0v) is 14.6. The van der Waals surface area contributed by atoms with Gasteiger partial charge >= 0.3 is 0 Å². The molecule has 116 valence electrons. The Hall–Kier alpha value is -1.72. The van der Waals surface area contributed by atoms with Gasteiger partial charge in [-0.05, 0) is 60.8 Å². The Balaban J connectivity index is 1.94. The van der Waals surface area contributed by atoms with Crippen molar-refractivity contribution in [2.45, 2.75) is 18.4 Å². The minimum Gasteiger partial charge on any atom is -0.495 e. The summed E-state index contributed by atoms with van der Waals surface area (Å²) in [5.41, 5.74) is 3.22. The lowest BCUT2D eigenvalue weighted by molar-refractivity contribution is 0.417. The summed E-state index contributed by atoms with van der Waals surface area (Å²) in [6, 6.07) is 14.4. The van der Waals surface area contributed by atoms with Crippen LogP contribution in [0.4, 0.5) is 5.69 Å². The molecule has 0 aromatic heterocycles. The maximum Gasteiger partial charge on any atom is 0.171 e. The van der Waals surface area contributed by atoms with Crippen LogP contribution in [0.3, 0.4) is 0 Å². The molecule has 0 bridgehead atoms. The Kier molecular flexibility index (Phi) is 6.10. The number of thioether (sulfide) groups is 1. The molecule has 0 aliphatic rings. The second-order valence-corrected chi connectivity index (χ2v) is 6.15. The van der Waals surface area contributed by atoms with Crippen LogP contribution in [-0.2, 0) is 6.54 Å². The summed E-state index contributed by atoms with van der Waals surface area (Å²) in [4.78, 5) is 1.26. The number of anilines is 1. The Morgan fingerprint density at radius 3 is 2.55 bits per heavy atom. The van der Waals surface area contributed by atoms with Gasteiger partial charge in [0.2, 0.25) is 0 Å². The average molecular weight is 332 g/mol. The third kappa shape index (κ3) is 4.64. The van der Waals surface area contributed by atoms with Crippen molar-refractivity contribution in [2.75, 3.05) is 18.7 Å². The van der Waals surface area contributed by atoms with Crippen LogP contribution >= 0.6 is 24.0 Å². The number of benzene rings is 2. The molecule has 0 saturated heterocycles. The lowest BCUT2D eigenvalue weighted by Gasteiger charge is -2.14. The third-order valence-electron chi connectivity index (χ3n) is 3.22. The highest BCUT2D eigenvalue weighted by Crippen LogP contribution is 2.25. The Morgan fingerprint density at radius 1 is 1.18 bits per heavy atom. The topological polar surface area (TPSA) is 33.3 Å². The molecule has 0 radical (unpaired) electrons. The maximum absolute atomic E-state index is 5.35. The molecule has 0 heterocycles.